The summed E-state index contributed by atoms with van der Waals surface area (Å²) >= 11 is 0. The molecule has 0 aliphatic rings. The van der Waals surface area contributed by atoms with Crippen molar-refractivity contribution in [3.8, 4) is 0 Å². The Morgan fingerprint density at radius 2 is 1.94 bits per heavy atom. The molecule has 1 unspecified atom stereocenters. The summed E-state index contributed by atoms with van der Waals surface area (Å²) in [4.78, 5) is 7.47. The monoisotopic (exact) mass is 242 g/mol. The van der Waals surface area contributed by atoms with Crippen LogP contribution in [0.4, 0.5) is 0 Å². The van der Waals surface area contributed by atoms with Gasteiger partial charge in [0.1, 0.15) is 0 Å². The minimum atomic E-state index is 0.0298. The maximum atomic E-state index is 4.19. The van der Waals surface area contributed by atoms with Crippen LogP contribution in [-0.2, 0) is 5.41 Å². The first-order valence-electron chi connectivity index (χ1n) is 6.67. The molecule has 0 bridgehead atoms. The first-order chi connectivity index (χ1) is 8.63. The van der Waals surface area contributed by atoms with Crippen LogP contribution in [0.15, 0.2) is 42.9 Å². The number of rotatable bonds is 5. The van der Waals surface area contributed by atoms with Gasteiger partial charge in [-0.15, -0.1) is 0 Å². The molecule has 1 aromatic carbocycles. The third-order valence-corrected chi connectivity index (χ3v) is 3.73. The van der Waals surface area contributed by atoms with E-state index in [4.69, 9.17) is 0 Å². The maximum absolute atomic E-state index is 4.19. The normalized spacial score (nSPS) is 14.7. The van der Waals surface area contributed by atoms with Gasteiger partial charge in [-0.3, -0.25) is 0 Å². The van der Waals surface area contributed by atoms with Crippen LogP contribution in [0.25, 0.3) is 0 Å². The zero-order chi connectivity index (χ0) is 13.0. The molecule has 2 nitrogen and oxygen atoms in total. The summed E-state index contributed by atoms with van der Waals surface area (Å²) < 4.78 is 0. The predicted octanol–water partition coefficient (Wildman–Crippen LogP) is 4.15. The molecule has 0 aliphatic heterocycles. The molecule has 2 heteroatoms. The van der Waals surface area contributed by atoms with Crippen LogP contribution in [0.1, 0.15) is 44.9 Å². The van der Waals surface area contributed by atoms with Crippen LogP contribution < -0.4 is 0 Å². The molecule has 0 fully saturated rings. The SMILES string of the molecule is CC(C)CCC(C)(c1ccccc1)c1cnc[nH]1. The second-order valence-corrected chi connectivity index (χ2v) is 5.60. The highest BCUT2D eigenvalue weighted by molar-refractivity contribution is 5.33. The van der Waals surface area contributed by atoms with E-state index < -0.39 is 0 Å². The molecular weight excluding hydrogens is 220 g/mol. The molecule has 1 N–H and O–H groups in total. The molecule has 0 saturated carbocycles. The van der Waals surface area contributed by atoms with Gasteiger partial charge in [-0.05, 0) is 31.2 Å². The van der Waals surface area contributed by atoms with E-state index in [1.54, 1.807) is 6.33 Å². The van der Waals surface area contributed by atoms with Crippen molar-refractivity contribution in [3.63, 3.8) is 0 Å². The Balaban J connectivity index is 2.34. The number of H-pyrrole nitrogens is 1. The molecule has 0 spiro atoms. The first-order valence-corrected chi connectivity index (χ1v) is 6.67. The van der Waals surface area contributed by atoms with E-state index in [1.807, 2.05) is 6.20 Å². The molecule has 96 valence electrons. The highest BCUT2D eigenvalue weighted by Gasteiger charge is 2.29. The Labute approximate surface area is 109 Å². The van der Waals surface area contributed by atoms with Crippen molar-refractivity contribution in [2.75, 3.05) is 0 Å². The summed E-state index contributed by atoms with van der Waals surface area (Å²) in [6, 6.07) is 10.7. The fraction of sp³-hybridized carbons (Fsp3) is 0.438. The van der Waals surface area contributed by atoms with Gasteiger partial charge in [0.25, 0.3) is 0 Å². The molecule has 18 heavy (non-hydrogen) atoms. The summed E-state index contributed by atoms with van der Waals surface area (Å²) in [6.45, 7) is 6.86. The number of nitrogens with zero attached hydrogens (tertiary/aromatic N) is 1. The second-order valence-electron chi connectivity index (χ2n) is 5.60. The Hall–Kier alpha value is -1.57. The van der Waals surface area contributed by atoms with Crippen molar-refractivity contribution < 1.29 is 0 Å². The molecule has 0 radical (unpaired) electrons. The standard InChI is InChI=1S/C16H22N2/c1-13(2)9-10-16(3,15-11-17-12-18-15)14-7-5-4-6-8-14/h4-8,11-13H,9-10H2,1-3H3,(H,17,18). The third-order valence-electron chi connectivity index (χ3n) is 3.73. The summed E-state index contributed by atoms with van der Waals surface area (Å²) in [6.07, 6.45) is 6.07. The molecule has 0 saturated heterocycles. The molecular formula is C16H22N2. The lowest BCUT2D eigenvalue weighted by molar-refractivity contribution is 0.433. The van der Waals surface area contributed by atoms with Gasteiger partial charge < -0.3 is 4.98 Å². The van der Waals surface area contributed by atoms with Gasteiger partial charge in [0.05, 0.1) is 6.33 Å². The number of benzene rings is 1. The van der Waals surface area contributed by atoms with Gasteiger partial charge >= 0.3 is 0 Å². The summed E-state index contributed by atoms with van der Waals surface area (Å²) in [5.41, 5.74) is 2.59. The minimum absolute atomic E-state index is 0.0298. The Kier molecular flexibility index (Phi) is 3.85. The van der Waals surface area contributed by atoms with Gasteiger partial charge in [-0.2, -0.15) is 0 Å². The van der Waals surface area contributed by atoms with Gasteiger partial charge in [0.2, 0.25) is 0 Å². The molecule has 0 amide bonds. The molecule has 1 heterocycles. The van der Waals surface area contributed by atoms with E-state index >= 15 is 0 Å². The number of aromatic nitrogens is 2. The van der Waals surface area contributed by atoms with Crippen molar-refractivity contribution in [2.45, 2.75) is 39.0 Å². The number of imidazole rings is 1. The number of hydrogen-bond acceptors (Lipinski definition) is 1. The fourth-order valence-corrected chi connectivity index (χ4v) is 2.38. The average molecular weight is 242 g/mol. The lowest BCUT2D eigenvalue weighted by atomic mass is 9.75. The van der Waals surface area contributed by atoms with Crippen molar-refractivity contribution >= 4 is 0 Å². The molecule has 2 aromatic rings. The predicted molar refractivity (Wildman–Crippen MR) is 75.6 cm³/mol. The average Bonchev–Trinajstić information content (AvgIpc) is 2.91. The molecule has 1 aromatic heterocycles. The van der Waals surface area contributed by atoms with Gasteiger partial charge in [-0.1, -0.05) is 44.2 Å². The smallest absolute Gasteiger partial charge is 0.0922 e. The number of nitrogens with one attached hydrogen (secondary N) is 1. The van der Waals surface area contributed by atoms with Crippen LogP contribution >= 0.6 is 0 Å². The maximum Gasteiger partial charge on any atom is 0.0922 e. The quantitative estimate of drug-likeness (QED) is 0.838. The van der Waals surface area contributed by atoms with Crippen molar-refractivity contribution in [2.24, 2.45) is 5.92 Å². The lowest BCUT2D eigenvalue weighted by Crippen LogP contribution is -2.24. The van der Waals surface area contributed by atoms with E-state index in [1.165, 1.54) is 17.7 Å². The number of aromatic amines is 1. The molecule has 1 atom stereocenters. The largest absolute Gasteiger partial charge is 0.348 e. The van der Waals surface area contributed by atoms with E-state index in [0.717, 1.165) is 12.3 Å². The molecule has 0 aliphatic carbocycles. The van der Waals surface area contributed by atoms with Crippen molar-refractivity contribution in [1.29, 1.82) is 0 Å². The lowest BCUT2D eigenvalue weighted by Gasteiger charge is -2.30. The van der Waals surface area contributed by atoms with Crippen LogP contribution in [0.5, 0.6) is 0 Å². The first kappa shape index (κ1) is 12.9. The van der Waals surface area contributed by atoms with Gasteiger partial charge in [0, 0.05) is 17.3 Å². The highest BCUT2D eigenvalue weighted by atomic mass is 14.9. The van der Waals surface area contributed by atoms with Gasteiger partial charge in [0.15, 0.2) is 0 Å². The summed E-state index contributed by atoms with van der Waals surface area (Å²) in [7, 11) is 0. The Morgan fingerprint density at radius 3 is 2.50 bits per heavy atom. The van der Waals surface area contributed by atoms with Crippen LogP contribution in [-0.4, -0.2) is 9.97 Å². The van der Waals surface area contributed by atoms with E-state index in [2.05, 4.69) is 61.1 Å². The fourth-order valence-electron chi connectivity index (χ4n) is 2.38. The van der Waals surface area contributed by atoms with Crippen LogP contribution in [0, 0.1) is 5.92 Å². The Bertz CT molecular complexity index is 459. The van der Waals surface area contributed by atoms with Crippen molar-refractivity contribution in [1.82, 2.24) is 9.97 Å². The summed E-state index contributed by atoms with van der Waals surface area (Å²) in [5, 5.41) is 0. The van der Waals surface area contributed by atoms with Crippen LogP contribution in [0.3, 0.4) is 0 Å². The topological polar surface area (TPSA) is 28.7 Å². The Morgan fingerprint density at radius 1 is 1.22 bits per heavy atom. The molecule has 2 rings (SSSR count). The van der Waals surface area contributed by atoms with Crippen LogP contribution in [0.2, 0.25) is 0 Å². The van der Waals surface area contributed by atoms with E-state index in [-0.39, 0.29) is 5.41 Å². The third kappa shape index (κ3) is 2.63. The zero-order valence-corrected chi connectivity index (χ0v) is 11.5. The minimum Gasteiger partial charge on any atom is -0.348 e. The highest BCUT2D eigenvalue weighted by Crippen LogP contribution is 2.35. The zero-order valence-electron chi connectivity index (χ0n) is 11.5. The second kappa shape index (κ2) is 5.38. The van der Waals surface area contributed by atoms with E-state index in [0.29, 0.717) is 0 Å². The van der Waals surface area contributed by atoms with Crippen molar-refractivity contribution in [3.05, 3.63) is 54.1 Å². The van der Waals surface area contributed by atoms with Gasteiger partial charge in [-0.25, -0.2) is 4.98 Å². The van der Waals surface area contributed by atoms with E-state index in [9.17, 15) is 0 Å². The number of hydrogen-bond donors (Lipinski definition) is 1. The summed E-state index contributed by atoms with van der Waals surface area (Å²) in [5.74, 6) is 0.718.